The Hall–Kier alpha value is -3.93. The number of benzene rings is 3. The van der Waals surface area contributed by atoms with Crippen LogP contribution in [0.5, 0.6) is 5.75 Å². The molecule has 1 N–H and O–H groups in total. The van der Waals surface area contributed by atoms with Gasteiger partial charge in [0.15, 0.2) is 0 Å². The highest BCUT2D eigenvalue weighted by molar-refractivity contribution is 6.34. The topological polar surface area (TPSA) is 75.7 Å². The van der Waals surface area contributed by atoms with Crippen molar-refractivity contribution < 1.29 is 19.1 Å². The van der Waals surface area contributed by atoms with Crippen molar-refractivity contribution in [1.29, 1.82) is 0 Å². The Morgan fingerprint density at radius 3 is 2.29 bits per heavy atom. The molecule has 156 valence electrons. The minimum atomic E-state index is -0.453. The summed E-state index contributed by atoms with van der Waals surface area (Å²) in [5.74, 6) is -0.543. The van der Waals surface area contributed by atoms with Crippen molar-refractivity contribution in [2.75, 3.05) is 16.8 Å². The molecule has 6 nitrogen and oxygen atoms in total. The van der Waals surface area contributed by atoms with Gasteiger partial charge in [0.1, 0.15) is 5.75 Å². The Morgan fingerprint density at radius 1 is 0.903 bits per heavy atom. The number of imide groups is 1. The van der Waals surface area contributed by atoms with Crippen molar-refractivity contribution in [3.8, 4) is 5.75 Å². The van der Waals surface area contributed by atoms with Crippen molar-refractivity contribution in [3.63, 3.8) is 0 Å². The number of anilines is 2. The Balaban J connectivity index is 1.59. The van der Waals surface area contributed by atoms with Gasteiger partial charge in [-0.25, -0.2) is 4.90 Å². The minimum Gasteiger partial charge on any atom is -0.494 e. The number of carbonyl (C=O) groups is 3. The molecule has 31 heavy (non-hydrogen) atoms. The zero-order chi connectivity index (χ0) is 22.1. The van der Waals surface area contributed by atoms with Crippen molar-refractivity contribution >= 4 is 29.1 Å². The Kier molecular flexibility index (Phi) is 5.29. The van der Waals surface area contributed by atoms with Crippen LogP contribution >= 0.6 is 0 Å². The van der Waals surface area contributed by atoms with E-state index >= 15 is 0 Å². The fraction of sp³-hybridized carbons (Fsp3) is 0.160. The van der Waals surface area contributed by atoms with Crippen LogP contribution in [0.1, 0.15) is 49.1 Å². The molecule has 3 aromatic carbocycles. The molecule has 0 aromatic heterocycles. The number of carbonyl (C=O) groups excluding carboxylic acids is 3. The van der Waals surface area contributed by atoms with Crippen molar-refractivity contribution in [1.82, 2.24) is 0 Å². The molecule has 0 saturated heterocycles. The van der Waals surface area contributed by atoms with E-state index in [1.54, 1.807) is 30.3 Å². The van der Waals surface area contributed by atoms with Crippen LogP contribution in [0.3, 0.4) is 0 Å². The van der Waals surface area contributed by atoms with E-state index in [1.165, 1.54) is 12.1 Å². The number of rotatable bonds is 5. The first-order valence-electron chi connectivity index (χ1n) is 10.0. The lowest BCUT2D eigenvalue weighted by Crippen LogP contribution is -2.29. The largest absolute Gasteiger partial charge is 0.494 e. The number of hydrogen-bond donors (Lipinski definition) is 1. The molecule has 1 heterocycles. The van der Waals surface area contributed by atoms with Gasteiger partial charge in [-0.1, -0.05) is 17.7 Å². The second-order valence-corrected chi connectivity index (χ2v) is 7.41. The quantitative estimate of drug-likeness (QED) is 0.611. The molecule has 1 aliphatic heterocycles. The van der Waals surface area contributed by atoms with Crippen LogP contribution in [-0.4, -0.2) is 24.3 Å². The number of fused-ring (bicyclic) bond motifs is 1. The van der Waals surface area contributed by atoms with E-state index in [9.17, 15) is 14.4 Å². The maximum atomic E-state index is 13.0. The lowest BCUT2D eigenvalue weighted by atomic mass is 10.0. The summed E-state index contributed by atoms with van der Waals surface area (Å²) >= 11 is 0. The first-order valence-corrected chi connectivity index (χ1v) is 10.0. The van der Waals surface area contributed by atoms with E-state index in [0.717, 1.165) is 16.0 Å². The predicted molar refractivity (Wildman–Crippen MR) is 119 cm³/mol. The van der Waals surface area contributed by atoms with Crippen LogP contribution in [0, 0.1) is 13.8 Å². The van der Waals surface area contributed by atoms with Crippen molar-refractivity contribution in [3.05, 3.63) is 88.5 Å². The second-order valence-electron chi connectivity index (χ2n) is 7.41. The lowest BCUT2D eigenvalue weighted by molar-refractivity contribution is 0.0925. The molecule has 4 rings (SSSR count). The fourth-order valence-corrected chi connectivity index (χ4v) is 3.62. The van der Waals surface area contributed by atoms with Gasteiger partial charge >= 0.3 is 0 Å². The average molecular weight is 414 g/mol. The molecule has 3 amide bonds. The summed E-state index contributed by atoms with van der Waals surface area (Å²) in [7, 11) is 0. The van der Waals surface area contributed by atoms with Gasteiger partial charge < -0.3 is 10.1 Å². The van der Waals surface area contributed by atoms with Crippen LogP contribution in [-0.2, 0) is 0 Å². The third-order valence-electron chi connectivity index (χ3n) is 5.18. The van der Waals surface area contributed by atoms with Crippen LogP contribution < -0.4 is 15.0 Å². The number of ether oxygens (including phenoxy) is 1. The van der Waals surface area contributed by atoms with E-state index < -0.39 is 11.8 Å². The highest BCUT2D eigenvalue weighted by Gasteiger charge is 2.37. The van der Waals surface area contributed by atoms with Gasteiger partial charge in [-0.05, 0) is 74.9 Å². The predicted octanol–water partition coefficient (Wildman–Crippen LogP) is 4.76. The molecule has 0 saturated carbocycles. The van der Waals surface area contributed by atoms with E-state index in [4.69, 9.17) is 4.74 Å². The van der Waals surface area contributed by atoms with Crippen LogP contribution in [0.15, 0.2) is 60.7 Å². The summed E-state index contributed by atoms with van der Waals surface area (Å²) in [5, 5.41) is 2.87. The van der Waals surface area contributed by atoms with Crippen molar-refractivity contribution in [2.45, 2.75) is 20.8 Å². The molecule has 0 aliphatic carbocycles. The van der Waals surface area contributed by atoms with Gasteiger partial charge in [-0.3, -0.25) is 14.4 Å². The normalized spacial score (nSPS) is 12.7. The molecule has 0 atom stereocenters. The van der Waals surface area contributed by atoms with Gasteiger partial charge in [0, 0.05) is 11.3 Å². The second kappa shape index (κ2) is 8.07. The summed E-state index contributed by atoms with van der Waals surface area (Å²) in [6.07, 6.45) is 0. The summed E-state index contributed by atoms with van der Waals surface area (Å²) in [6.45, 7) is 6.31. The number of nitrogens with zero attached hydrogens (tertiary/aromatic N) is 1. The molecule has 6 heteroatoms. The van der Waals surface area contributed by atoms with Crippen molar-refractivity contribution in [2.24, 2.45) is 0 Å². The number of nitrogens with one attached hydrogen (secondary N) is 1. The lowest BCUT2D eigenvalue weighted by Gasteiger charge is -2.14. The minimum absolute atomic E-state index is 0.215. The zero-order valence-electron chi connectivity index (χ0n) is 17.6. The summed E-state index contributed by atoms with van der Waals surface area (Å²) in [6, 6.07) is 17.1. The van der Waals surface area contributed by atoms with Gasteiger partial charge in [0.05, 0.1) is 23.4 Å². The van der Waals surface area contributed by atoms with Crippen LogP contribution in [0.2, 0.25) is 0 Å². The smallest absolute Gasteiger partial charge is 0.266 e. The molecular formula is C25H22N2O4. The standard InChI is InChI=1S/C25H22N2O4/c1-4-31-19-9-7-18(8-10-19)27-24(29)20-11-6-17(14-21(20)25(27)30)23(28)26-22-12-5-15(2)13-16(22)3/h5-14H,4H2,1-3H3,(H,26,28). The van der Waals surface area contributed by atoms with E-state index in [-0.39, 0.29) is 17.0 Å². The Bertz CT molecular complexity index is 1200. The highest BCUT2D eigenvalue weighted by atomic mass is 16.5. The molecule has 3 aromatic rings. The molecule has 0 fully saturated rings. The first-order chi connectivity index (χ1) is 14.9. The Labute approximate surface area is 180 Å². The molecule has 0 bridgehead atoms. The monoisotopic (exact) mass is 414 g/mol. The average Bonchev–Trinajstić information content (AvgIpc) is 3.01. The van der Waals surface area contributed by atoms with Crippen LogP contribution in [0.4, 0.5) is 11.4 Å². The highest BCUT2D eigenvalue weighted by Crippen LogP contribution is 2.30. The van der Waals surface area contributed by atoms with Gasteiger partial charge in [-0.15, -0.1) is 0 Å². The fourth-order valence-electron chi connectivity index (χ4n) is 3.62. The third-order valence-corrected chi connectivity index (χ3v) is 5.18. The maximum Gasteiger partial charge on any atom is 0.266 e. The summed E-state index contributed by atoms with van der Waals surface area (Å²) in [5.41, 5.74) is 4.02. The molecular weight excluding hydrogens is 392 g/mol. The number of hydrogen-bond acceptors (Lipinski definition) is 4. The number of amides is 3. The molecule has 0 unspecified atom stereocenters. The maximum absolute atomic E-state index is 13.0. The molecule has 0 spiro atoms. The Morgan fingerprint density at radius 2 is 1.61 bits per heavy atom. The zero-order valence-corrected chi connectivity index (χ0v) is 17.6. The van der Waals surface area contributed by atoms with Gasteiger partial charge in [-0.2, -0.15) is 0 Å². The van der Waals surface area contributed by atoms with E-state index in [1.807, 2.05) is 39.0 Å². The third kappa shape index (κ3) is 3.80. The summed E-state index contributed by atoms with van der Waals surface area (Å²) < 4.78 is 5.41. The summed E-state index contributed by atoms with van der Waals surface area (Å²) in [4.78, 5) is 39.7. The van der Waals surface area contributed by atoms with Gasteiger partial charge in [0.25, 0.3) is 17.7 Å². The SMILES string of the molecule is CCOc1ccc(N2C(=O)c3ccc(C(=O)Nc4ccc(C)cc4C)cc3C2=O)cc1. The van der Waals surface area contributed by atoms with E-state index in [2.05, 4.69) is 5.32 Å². The molecule has 1 aliphatic rings. The first kappa shape index (κ1) is 20.3. The number of aryl methyl sites for hydroxylation is 2. The van der Waals surface area contributed by atoms with Crippen LogP contribution in [0.25, 0.3) is 0 Å². The molecule has 0 radical (unpaired) electrons. The van der Waals surface area contributed by atoms with Gasteiger partial charge in [0.2, 0.25) is 0 Å². The van der Waals surface area contributed by atoms with E-state index in [0.29, 0.717) is 29.3 Å².